The van der Waals surface area contributed by atoms with Gasteiger partial charge in [0, 0.05) is 5.56 Å². The zero-order valence-electron chi connectivity index (χ0n) is 9.77. The second-order valence-corrected chi connectivity index (χ2v) is 3.71. The maximum atomic E-state index is 10.4. The molecule has 0 aliphatic rings. The minimum absolute atomic E-state index is 0.638. The molecule has 1 aromatic carbocycles. The minimum Gasteiger partial charge on any atom is -0.357 e. The van der Waals surface area contributed by atoms with Gasteiger partial charge in [0.25, 0.3) is 0 Å². The lowest BCUT2D eigenvalue weighted by Crippen LogP contribution is -1.95. The van der Waals surface area contributed by atoms with Crippen molar-refractivity contribution in [3.63, 3.8) is 0 Å². The summed E-state index contributed by atoms with van der Waals surface area (Å²) in [6.07, 6.45) is 4.05. The Bertz CT molecular complexity index is 355. The summed E-state index contributed by atoms with van der Waals surface area (Å²) in [6.45, 7) is 4.10. The first-order chi connectivity index (χ1) is 7.76. The molecule has 0 atom stereocenters. The predicted octanol–water partition coefficient (Wildman–Crippen LogP) is 3.44. The first kappa shape index (κ1) is 12.4. The van der Waals surface area contributed by atoms with Crippen molar-refractivity contribution >= 4 is 12.0 Å². The molecule has 0 unspecified atom stereocenters. The van der Waals surface area contributed by atoms with Crippen LogP contribution in [0.5, 0.6) is 5.75 Å². The van der Waals surface area contributed by atoms with Crippen LogP contribution in [0.3, 0.4) is 0 Å². The first-order valence-electron chi connectivity index (χ1n) is 5.52. The Morgan fingerprint density at radius 3 is 2.62 bits per heavy atom. The second-order valence-electron chi connectivity index (χ2n) is 3.71. The van der Waals surface area contributed by atoms with Crippen molar-refractivity contribution in [2.24, 2.45) is 5.16 Å². The van der Waals surface area contributed by atoms with Gasteiger partial charge in [0.05, 0.1) is 5.71 Å². The number of aldehydes is 1. The summed E-state index contributed by atoms with van der Waals surface area (Å²) in [5, 5.41) is 4.02. The molecule has 0 spiro atoms. The summed E-state index contributed by atoms with van der Waals surface area (Å²) < 4.78 is 0. The Labute approximate surface area is 96.1 Å². The van der Waals surface area contributed by atoms with Crippen LogP contribution in [0.4, 0.5) is 0 Å². The van der Waals surface area contributed by atoms with E-state index in [1.165, 1.54) is 0 Å². The van der Waals surface area contributed by atoms with Gasteiger partial charge >= 0.3 is 0 Å². The van der Waals surface area contributed by atoms with Gasteiger partial charge in [-0.3, -0.25) is 4.79 Å². The summed E-state index contributed by atoms with van der Waals surface area (Å²) in [7, 11) is 0. The molecule has 0 aromatic heterocycles. The summed E-state index contributed by atoms with van der Waals surface area (Å²) >= 11 is 0. The largest absolute Gasteiger partial charge is 0.357 e. The van der Waals surface area contributed by atoms with Gasteiger partial charge in [0.1, 0.15) is 6.29 Å². The van der Waals surface area contributed by atoms with Gasteiger partial charge in [-0.15, -0.1) is 0 Å². The van der Waals surface area contributed by atoms with Gasteiger partial charge in [-0.1, -0.05) is 18.5 Å². The molecule has 0 heterocycles. The molecule has 0 saturated carbocycles. The number of nitrogens with zero attached hydrogens (tertiary/aromatic N) is 1. The number of hydrogen-bond donors (Lipinski definition) is 0. The number of hydrogen-bond acceptors (Lipinski definition) is 3. The van der Waals surface area contributed by atoms with Crippen LogP contribution in [0.15, 0.2) is 29.4 Å². The van der Waals surface area contributed by atoms with Crippen LogP contribution in [0.1, 0.15) is 43.5 Å². The van der Waals surface area contributed by atoms with E-state index in [1.807, 2.05) is 6.92 Å². The molecule has 16 heavy (non-hydrogen) atoms. The van der Waals surface area contributed by atoms with Gasteiger partial charge < -0.3 is 4.84 Å². The lowest BCUT2D eigenvalue weighted by Gasteiger charge is -2.01. The fourth-order valence-corrected chi connectivity index (χ4v) is 1.22. The van der Waals surface area contributed by atoms with Crippen LogP contribution in [0.25, 0.3) is 0 Å². The molecule has 0 saturated heterocycles. The fraction of sp³-hybridized carbons (Fsp3) is 0.385. The van der Waals surface area contributed by atoms with Crippen molar-refractivity contribution in [3.05, 3.63) is 29.8 Å². The summed E-state index contributed by atoms with van der Waals surface area (Å²) in [5.41, 5.74) is 1.63. The van der Waals surface area contributed by atoms with E-state index in [4.69, 9.17) is 4.84 Å². The van der Waals surface area contributed by atoms with Crippen molar-refractivity contribution in [3.8, 4) is 5.75 Å². The maximum absolute atomic E-state index is 10.4. The van der Waals surface area contributed by atoms with Crippen molar-refractivity contribution in [2.45, 2.75) is 33.1 Å². The third-order valence-electron chi connectivity index (χ3n) is 2.22. The molecule has 0 aliphatic heterocycles. The molecule has 1 aromatic rings. The van der Waals surface area contributed by atoms with E-state index in [-0.39, 0.29) is 0 Å². The predicted molar refractivity (Wildman–Crippen MR) is 65.1 cm³/mol. The third-order valence-corrected chi connectivity index (χ3v) is 2.22. The highest BCUT2D eigenvalue weighted by Gasteiger charge is 1.95. The molecule has 1 rings (SSSR count). The number of unbranched alkanes of at least 4 members (excludes halogenated alkanes) is 1. The Kier molecular flexibility index (Phi) is 5.26. The second kappa shape index (κ2) is 6.77. The highest BCUT2D eigenvalue weighted by atomic mass is 16.6. The molecule has 0 radical (unpaired) electrons. The zero-order chi connectivity index (χ0) is 11.8. The van der Waals surface area contributed by atoms with E-state index in [2.05, 4.69) is 12.1 Å². The van der Waals surface area contributed by atoms with Gasteiger partial charge in [-0.2, -0.15) is 0 Å². The third kappa shape index (κ3) is 4.26. The van der Waals surface area contributed by atoms with Crippen molar-refractivity contribution in [2.75, 3.05) is 0 Å². The average Bonchev–Trinajstić information content (AvgIpc) is 2.34. The van der Waals surface area contributed by atoms with Crippen LogP contribution in [-0.4, -0.2) is 12.0 Å². The molecular formula is C13H17NO2. The summed E-state index contributed by atoms with van der Waals surface area (Å²) in [6, 6.07) is 6.89. The minimum atomic E-state index is 0.638. The molecular weight excluding hydrogens is 202 g/mol. The summed E-state index contributed by atoms with van der Waals surface area (Å²) in [4.78, 5) is 15.7. The monoisotopic (exact) mass is 219 g/mol. The van der Waals surface area contributed by atoms with E-state index >= 15 is 0 Å². The van der Waals surface area contributed by atoms with E-state index in [9.17, 15) is 4.79 Å². The summed E-state index contributed by atoms with van der Waals surface area (Å²) in [5.74, 6) is 0.654. The topological polar surface area (TPSA) is 38.7 Å². The molecule has 0 fully saturated rings. The van der Waals surface area contributed by atoms with Gasteiger partial charge in [0.15, 0.2) is 5.75 Å². The number of benzene rings is 1. The van der Waals surface area contributed by atoms with Gasteiger partial charge in [0.2, 0.25) is 0 Å². The number of carbonyl (C=O) groups is 1. The molecule has 0 bridgehead atoms. The normalized spacial score (nSPS) is 11.2. The van der Waals surface area contributed by atoms with Gasteiger partial charge in [-0.25, -0.2) is 0 Å². The number of oxime groups is 1. The smallest absolute Gasteiger partial charge is 0.158 e. The lowest BCUT2D eigenvalue weighted by molar-refractivity contribution is 0.112. The number of carbonyl (C=O) groups excluding carboxylic acids is 1. The Morgan fingerprint density at radius 2 is 2.06 bits per heavy atom. The molecule has 86 valence electrons. The van der Waals surface area contributed by atoms with E-state index < -0.39 is 0 Å². The molecule has 0 N–H and O–H groups in total. The Morgan fingerprint density at radius 1 is 1.38 bits per heavy atom. The fourth-order valence-electron chi connectivity index (χ4n) is 1.22. The molecule has 3 nitrogen and oxygen atoms in total. The Hall–Kier alpha value is -1.64. The van der Waals surface area contributed by atoms with Crippen LogP contribution >= 0.6 is 0 Å². The molecule has 0 amide bonds. The standard InChI is InChI=1S/C13H17NO2/c1-3-4-5-11(2)14-16-13-8-6-12(10-15)7-9-13/h6-10H,3-5H2,1-2H3/b14-11+. The first-order valence-corrected chi connectivity index (χ1v) is 5.52. The maximum Gasteiger partial charge on any atom is 0.158 e. The van der Waals surface area contributed by atoms with Crippen LogP contribution < -0.4 is 4.84 Å². The highest BCUT2D eigenvalue weighted by Crippen LogP contribution is 2.11. The number of rotatable bonds is 6. The van der Waals surface area contributed by atoms with Crippen molar-refractivity contribution in [1.82, 2.24) is 0 Å². The highest BCUT2D eigenvalue weighted by molar-refractivity contribution is 5.81. The quantitative estimate of drug-likeness (QED) is 0.417. The van der Waals surface area contributed by atoms with Gasteiger partial charge in [-0.05, 0) is 44.0 Å². The van der Waals surface area contributed by atoms with E-state index in [0.717, 1.165) is 31.3 Å². The zero-order valence-corrected chi connectivity index (χ0v) is 9.77. The van der Waals surface area contributed by atoms with Crippen molar-refractivity contribution < 1.29 is 9.63 Å². The molecule has 0 aliphatic carbocycles. The van der Waals surface area contributed by atoms with E-state index in [0.29, 0.717) is 11.3 Å². The van der Waals surface area contributed by atoms with Crippen LogP contribution in [-0.2, 0) is 0 Å². The van der Waals surface area contributed by atoms with Crippen LogP contribution in [0, 0.1) is 0 Å². The molecule has 3 heteroatoms. The van der Waals surface area contributed by atoms with E-state index in [1.54, 1.807) is 24.3 Å². The van der Waals surface area contributed by atoms with Crippen molar-refractivity contribution in [1.29, 1.82) is 0 Å². The Balaban J connectivity index is 2.49. The lowest BCUT2D eigenvalue weighted by atomic mass is 10.2. The van der Waals surface area contributed by atoms with Crippen LogP contribution in [0.2, 0.25) is 0 Å². The average molecular weight is 219 g/mol. The SMILES string of the molecule is CCCC/C(C)=N/Oc1ccc(C=O)cc1.